The molecule has 2 aromatic rings. The van der Waals surface area contributed by atoms with Gasteiger partial charge in [0.25, 0.3) is 5.91 Å². The van der Waals surface area contributed by atoms with Crippen LogP contribution < -0.4 is 0 Å². The van der Waals surface area contributed by atoms with Gasteiger partial charge >= 0.3 is 0 Å². The molecule has 0 unspecified atom stereocenters. The van der Waals surface area contributed by atoms with E-state index in [9.17, 15) is 9.90 Å². The van der Waals surface area contributed by atoms with E-state index in [0.717, 1.165) is 22.2 Å². The molecule has 0 aliphatic carbocycles. The van der Waals surface area contributed by atoms with Gasteiger partial charge in [0.05, 0.1) is 24.3 Å². The Morgan fingerprint density at radius 1 is 1.42 bits per heavy atom. The first-order valence-corrected chi connectivity index (χ1v) is 6.63. The Bertz CT molecular complexity index is 639. The van der Waals surface area contributed by atoms with Crippen molar-refractivity contribution in [2.24, 2.45) is 0 Å². The summed E-state index contributed by atoms with van der Waals surface area (Å²) in [6, 6.07) is 7.81. The van der Waals surface area contributed by atoms with Gasteiger partial charge in [-0.2, -0.15) is 0 Å². The number of para-hydroxylation sites is 1. The maximum atomic E-state index is 12.5. The second kappa shape index (κ2) is 4.10. The molecular formula is C15H18N2O2. The van der Waals surface area contributed by atoms with Crippen LogP contribution in [-0.2, 0) is 0 Å². The number of carbonyl (C=O) groups is 1. The quantitative estimate of drug-likeness (QED) is 0.866. The molecule has 0 saturated carbocycles. The van der Waals surface area contributed by atoms with Gasteiger partial charge < -0.3 is 15.0 Å². The lowest BCUT2D eigenvalue weighted by molar-refractivity contribution is -0.0826. The molecule has 0 atom stereocenters. The molecule has 19 heavy (non-hydrogen) atoms. The van der Waals surface area contributed by atoms with Gasteiger partial charge in [-0.05, 0) is 19.4 Å². The second-order valence-electron chi connectivity index (χ2n) is 5.41. The van der Waals surface area contributed by atoms with Gasteiger partial charge in [0.2, 0.25) is 0 Å². The molecule has 1 aromatic heterocycles. The van der Waals surface area contributed by atoms with Crippen molar-refractivity contribution in [2.75, 3.05) is 13.1 Å². The number of hydrogen-bond acceptors (Lipinski definition) is 2. The van der Waals surface area contributed by atoms with Crippen molar-refractivity contribution in [3.63, 3.8) is 0 Å². The Hall–Kier alpha value is -1.81. The van der Waals surface area contributed by atoms with Crippen LogP contribution in [0.3, 0.4) is 0 Å². The van der Waals surface area contributed by atoms with Crippen LogP contribution in [0.15, 0.2) is 24.3 Å². The number of nitrogens with zero attached hydrogens (tertiary/aromatic N) is 1. The Morgan fingerprint density at radius 2 is 2.11 bits per heavy atom. The standard InChI is InChI=1S/C15H18N2O2/c1-3-15(19)8-17(9-15)14(18)13-10(2)16-12-7-5-4-6-11(12)13/h4-7,16,19H,3,8-9H2,1-2H3. The highest BCUT2D eigenvalue weighted by Gasteiger charge is 2.42. The highest BCUT2D eigenvalue weighted by molar-refractivity contribution is 6.08. The molecule has 2 heterocycles. The number of hydrogen-bond donors (Lipinski definition) is 2. The van der Waals surface area contributed by atoms with Gasteiger partial charge in [0.1, 0.15) is 0 Å². The van der Waals surface area contributed by atoms with E-state index in [4.69, 9.17) is 0 Å². The van der Waals surface area contributed by atoms with Gasteiger partial charge in [-0.3, -0.25) is 4.79 Å². The molecule has 1 amide bonds. The van der Waals surface area contributed by atoms with Crippen LogP contribution >= 0.6 is 0 Å². The van der Waals surface area contributed by atoms with Gasteiger partial charge in [-0.15, -0.1) is 0 Å². The molecule has 2 N–H and O–H groups in total. The lowest BCUT2D eigenvalue weighted by Crippen LogP contribution is -2.63. The molecule has 1 fully saturated rings. The van der Waals surface area contributed by atoms with Crippen LogP contribution in [0.1, 0.15) is 29.4 Å². The smallest absolute Gasteiger partial charge is 0.256 e. The topological polar surface area (TPSA) is 56.3 Å². The Morgan fingerprint density at radius 3 is 2.79 bits per heavy atom. The molecular weight excluding hydrogens is 240 g/mol. The number of H-pyrrole nitrogens is 1. The Labute approximate surface area is 112 Å². The van der Waals surface area contributed by atoms with Crippen molar-refractivity contribution >= 4 is 16.8 Å². The highest BCUT2D eigenvalue weighted by atomic mass is 16.3. The fourth-order valence-electron chi connectivity index (χ4n) is 2.74. The number of carbonyl (C=O) groups excluding carboxylic acids is 1. The fraction of sp³-hybridized carbons (Fsp3) is 0.400. The molecule has 100 valence electrons. The third-order valence-electron chi connectivity index (χ3n) is 4.02. The first kappa shape index (κ1) is 12.2. The molecule has 1 saturated heterocycles. The monoisotopic (exact) mass is 258 g/mol. The number of aromatic nitrogens is 1. The summed E-state index contributed by atoms with van der Waals surface area (Å²) in [5.41, 5.74) is 1.91. The number of nitrogens with one attached hydrogen (secondary N) is 1. The van der Waals surface area contributed by atoms with Crippen molar-refractivity contribution in [2.45, 2.75) is 25.9 Å². The summed E-state index contributed by atoms with van der Waals surface area (Å²) in [4.78, 5) is 17.5. The Kier molecular flexibility index (Phi) is 2.64. The maximum absolute atomic E-state index is 12.5. The molecule has 0 bridgehead atoms. The minimum absolute atomic E-state index is 0.00748. The number of likely N-dealkylation sites (tertiary alicyclic amines) is 1. The van der Waals surface area contributed by atoms with Gasteiger partial charge in [-0.25, -0.2) is 0 Å². The second-order valence-corrected chi connectivity index (χ2v) is 5.41. The van der Waals surface area contributed by atoms with Gasteiger partial charge in [0.15, 0.2) is 0 Å². The lowest BCUT2D eigenvalue weighted by atomic mass is 9.90. The number of aliphatic hydroxyl groups is 1. The van der Waals surface area contributed by atoms with Crippen molar-refractivity contribution in [1.29, 1.82) is 0 Å². The lowest BCUT2D eigenvalue weighted by Gasteiger charge is -2.46. The normalized spacial score (nSPS) is 17.5. The zero-order valence-corrected chi connectivity index (χ0v) is 11.2. The van der Waals surface area contributed by atoms with E-state index in [1.54, 1.807) is 4.90 Å². The summed E-state index contributed by atoms with van der Waals surface area (Å²) in [7, 11) is 0. The van der Waals surface area contributed by atoms with E-state index in [1.165, 1.54) is 0 Å². The number of fused-ring (bicyclic) bond motifs is 1. The largest absolute Gasteiger partial charge is 0.386 e. The van der Waals surface area contributed by atoms with Crippen LogP contribution in [0.2, 0.25) is 0 Å². The molecule has 0 radical (unpaired) electrons. The van der Waals surface area contributed by atoms with Crippen LogP contribution in [0.5, 0.6) is 0 Å². The van der Waals surface area contributed by atoms with E-state index in [2.05, 4.69) is 4.98 Å². The zero-order chi connectivity index (χ0) is 13.6. The number of amides is 1. The van der Waals surface area contributed by atoms with Crippen molar-refractivity contribution in [1.82, 2.24) is 9.88 Å². The number of aromatic amines is 1. The number of aryl methyl sites for hydroxylation is 1. The minimum atomic E-state index is -0.685. The SMILES string of the molecule is CCC1(O)CN(C(=O)c2c(C)[nH]c3ccccc23)C1. The maximum Gasteiger partial charge on any atom is 0.256 e. The van der Waals surface area contributed by atoms with Crippen LogP contribution in [-0.4, -0.2) is 39.6 Å². The van der Waals surface area contributed by atoms with E-state index < -0.39 is 5.60 Å². The van der Waals surface area contributed by atoms with Crippen LogP contribution in [0, 0.1) is 6.92 Å². The van der Waals surface area contributed by atoms with Crippen LogP contribution in [0.4, 0.5) is 0 Å². The first-order valence-electron chi connectivity index (χ1n) is 6.63. The first-order chi connectivity index (χ1) is 9.04. The minimum Gasteiger partial charge on any atom is -0.386 e. The number of β-amino-alcohol motifs (C(OH)–C–C–N with tert-alkyl or cyclic N) is 1. The summed E-state index contributed by atoms with van der Waals surface area (Å²) >= 11 is 0. The molecule has 1 aliphatic rings. The highest BCUT2D eigenvalue weighted by Crippen LogP contribution is 2.29. The van der Waals surface area contributed by atoms with E-state index in [0.29, 0.717) is 19.5 Å². The molecule has 3 rings (SSSR count). The molecule has 4 nitrogen and oxygen atoms in total. The van der Waals surface area contributed by atoms with Gasteiger partial charge in [0, 0.05) is 16.6 Å². The predicted molar refractivity (Wildman–Crippen MR) is 74.2 cm³/mol. The van der Waals surface area contributed by atoms with Crippen molar-refractivity contribution < 1.29 is 9.90 Å². The van der Waals surface area contributed by atoms with Gasteiger partial charge in [-0.1, -0.05) is 25.1 Å². The van der Waals surface area contributed by atoms with Crippen molar-refractivity contribution in [3.05, 3.63) is 35.5 Å². The predicted octanol–water partition coefficient (Wildman–Crippen LogP) is 2.07. The summed E-state index contributed by atoms with van der Waals surface area (Å²) < 4.78 is 0. The zero-order valence-electron chi connectivity index (χ0n) is 11.2. The third kappa shape index (κ3) is 1.83. The average Bonchev–Trinajstić information content (AvgIpc) is 2.70. The summed E-state index contributed by atoms with van der Waals surface area (Å²) in [6.07, 6.45) is 0.684. The van der Waals surface area contributed by atoms with E-state index in [1.807, 2.05) is 38.1 Å². The van der Waals surface area contributed by atoms with Crippen LogP contribution in [0.25, 0.3) is 10.9 Å². The van der Waals surface area contributed by atoms with E-state index >= 15 is 0 Å². The average molecular weight is 258 g/mol. The van der Waals surface area contributed by atoms with Crippen molar-refractivity contribution in [3.8, 4) is 0 Å². The Balaban J connectivity index is 1.93. The molecule has 0 spiro atoms. The fourth-order valence-corrected chi connectivity index (χ4v) is 2.74. The summed E-state index contributed by atoms with van der Waals surface area (Å²) in [5, 5.41) is 11.0. The molecule has 4 heteroatoms. The molecule has 1 aromatic carbocycles. The third-order valence-corrected chi connectivity index (χ3v) is 4.02. The number of benzene rings is 1. The molecule has 1 aliphatic heterocycles. The van der Waals surface area contributed by atoms with E-state index in [-0.39, 0.29) is 5.91 Å². The number of rotatable bonds is 2. The summed E-state index contributed by atoms with van der Waals surface area (Å²) in [5.74, 6) is 0.00748. The summed E-state index contributed by atoms with van der Waals surface area (Å²) in [6.45, 7) is 4.72.